The quantitative estimate of drug-likeness (QED) is 0.629. The second-order valence-corrected chi connectivity index (χ2v) is 5.60. The lowest BCUT2D eigenvalue weighted by atomic mass is 10.1. The van der Waals surface area contributed by atoms with Crippen molar-refractivity contribution in [1.82, 2.24) is 9.97 Å². The van der Waals surface area contributed by atoms with Crippen LogP contribution in [-0.2, 0) is 5.75 Å². The van der Waals surface area contributed by atoms with Gasteiger partial charge in [-0.2, -0.15) is 0 Å². The fourth-order valence-electron chi connectivity index (χ4n) is 1.50. The van der Waals surface area contributed by atoms with Crippen LogP contribution in [0.25, 0.3) is 0 Å². The van der Waals surface area contributed by atoms with Gasteiger partial charge in [-0.1, -0.05) is 24.3 Å². The molecule has 2 nitrogen and oxygen atoms in total. The van der Waals surface area contributed by atoms with Crippen molar-refractivity contribution in [3.05, 3.63) is 51.9 Å². The van der Waals surface area contributed by atoms with Crippen LogP contribution in [0.4, 0.5) is 0 Å². The van der Waals surface area contributed by atoms with Crippen molar-refractivity contribution in [3.63, 3.8) is 0 Å². The lowest BCUT2D eigenvalue weighted by molar-refractivity contribution is 0.950. The van der Waals surface area contributed by atoms with Gasteiger partial charge in [0, 0.05) is 11.8 Å². The zero-order chi connectivity index (χ0) is 12.3. The van der Waals surface area contributed by atoms with E-state index in [1.807, 2.05) is 13.0 Å². The maximum Gasteiger partial charge on any atom is 0.127 e. The topological polar surface area (TPSA) is 25.8 Å². The Hall–Kier alpha value is -0.870. The molecule has 88 valence electrons. The molecule has 0 atom stereocenters. The molecule has 0 saturated heterocycles. The first-order valence-electron chi connectivity index (χ1n) is 5.33. The average molecular weight is 309 g/mol. The number of hydrogen-bond acceptors (Lipinski definition) is 3. The van der Waals surface area contributed by atoms with Crippen LogP contribution in [0.1, 0.15) is 17.0 Å². The molecule has 2 aromatic rings. The van der Waals surface area contributed by atoms with Gasteiger partial charge in [0.15, 0.2) is 0 Å². The van der Waals surface area contributed by atoms with E-state index in [1.165, 1.54) is 11.1 Å². The zero-order valence-corrected chi connectivity index (χ0v) is 12.2. The van der Waals surface area contributed by atoms with Gasteiger partial charge >= 0.3 is 0 Å². The summed E-state index contributed by atoms with van der Waals surface area (Å²) in [7, 11) is 0. The second kappa shape index (κ2) is 5.65. The van der Waals surface area contributed by atoms with Crippen LogP contribution in [0.2, 0.25) is 0 Å². The van der Waals surface area contributed by atoms with Crippen LogP contribution in [0.3, 0.4) is 0 Å². The summed E-state index contributed by atoms with van der Waals surface area (Å²) in [6.45, 7) is 4.04. The normalized spacial score (nSPS) is 10.5. The summed E-state index contributed by atoms with van der Waals surface area (Å²) in [5.74, 6) is 1.74. The van der Waals surface area contributed by atoms with Gasteiger partial charge in [0.2, 0.25) is 0 Å². The third-order valence-corrected chi connectivity index (χ3v) is 3.79. The molecule has 1 aromatic carbocycles. The minimum Gasteiger partial charge on any atom is -0.227 e. The number of halogens is 1. The van der Waals surface area contributed by atoms with Crippen LogP contribution in [-0.4, -0.2) is 9.97 Å². The molecule has 17 heavy (non-hydrogen) atoms. The van der Waals surface area contributed by atoms with Crippen LogP contribution >= 0.6 is 27.7 Å². The Morgan fingerprint density at radius 1 is 1.18 bits per heavy atom. The first-order chi connectivity index (χ1) is 8.15. The van der Waals surface area contributed by atoms with Crippen molar-refractivity contribution in [2.75, 3.05) is 0 Å². The van der Waals surface area contributed by atoms with Gasteiger partial charge in [0.05, 0.1) is 0 Å². The van der Waals surface area contributed by atoms with Gasteiger partial charge < -0.3 is 0 Å². The molecule has 0 aliphatic heterocycles. The molecule has 0 aliphatic carbocycles. The summed E-state index contributed by atoms with van der Waals surface area (Å²) in [6, 6.07) is 10.4. The predicted octanol–water partition coefficient (Wildman–Crippen LogP) is 4.15. The number of hydrogen-bond donors (Lipinski definition) is 0. The number of aryl methyl sites for hydroxylation is 2. The second-order valence-electron chi connectivity index (χ2n) is 3.79. The Morgan fingerprint density at radius 2 is 1.94 bits per heavy atom. The number of thioether (sulfide) groups is 1. The minimum atomic E-state index is 0.798. The molecular weight excluding hydrogens is 296 g/mol. The predicted molar refractivity (Wildman–Crippen MR) is 75.2 cm³/mol. The molecule has 0 spiro atoms. The smallest absolute Gasteiger partial charge is 0.127 e. The monoisotopic (exact) mass is 308 g/mol. The van der Waals surface area contributed by atoms with Gasteiger partial charge in [-0.25, -0.2) is 9.97 Å². The third kappa shape index (κ3) is 3.54. The first-order valence-corrected chi connectivity index (χ1v) is 7.11. The van der Waals surface area contributed by atoms with Crippen molar-refractivity contribution < 1.29 is 0 Å². The van der Waals surface area contributed by atoms with Crippen molar-refractivity contribution in [2.24, 2.45) is 0 Å². The Bertz CT molecular complexity index is 508. The molecule has 0 bridgehead atoms. The first kappa shape index (κ1) is 12.6. The summed E-state index contributed by atoms with van der Waals surface area (Å²) in [6.07, 6.45) is 0. The Kier molecular flexibility index (Phi) is 4.18. The van der Waals surface area contributed by atoms with Crippen molar-refractivity contribution in [2.45, 2.75) is 24.6 Å². The highest BCUT2D eigenvalue weighted by Crippen LogP contribution is 2.24. The Labute approximate surface area is 114 Å². The van der Waals surface area contributed by atoms with E-state index in [0.29, 0.717) is 0 Å². The SMILES string of the molecule is Cc1nc(Br)cc(SCc2ccccc2C)n1. The van der Waals surface area contributed by atoms with E-state index >= 15 is 0 Å². The summed E-state index contributed by atoms with van der Waals surface area (Å²) in [5, 5.41) is 1.01. The summed E-state index contributed by atoms with van der Waals surface area (Å²) in [4.78, 5) is 8.60. The van der Waals surface area contributed by atoms with E-state index < -0.39 is 0 Å². The van der Waals surface area contributed by atoms with Crippen LogP contribution in [0.5, 0.6) is 0 Å². The minimum absolute atomic E-state index is 0.798. The molecule has 1 heterocycles. The van der Waals surface area contributed by atoms with Crippen molar-refractivity contribution in [1.29, 1.82) is 0 Å². The molecule has 2 rings (SSSR count). The number of benzene rings is 1. The van der Waals surface area contributed by atoms with Gasteiger partial charge in [0.25, 0.3) is 0 Å². The number of aromatic nitrogens is 2. The van der Waals surface area contributed by atoms with E-state index in [2.05, 4.69) is 57.1 Å². The molecule has 4 heteroatoms. The molecule has 0 fully saturated rings. The van der Waals surface area contributed by atoms with E-state index in [0.717, 1.165) is 21.2 Å². The molecular formula is C13H13BrN2S. The van der Waals surface area contributed by atoms with E-state index in [9.17, 15) is 0 Å². The van der Waals surface area contributed by atoms with Crippen molar-refractivity contribution in [3.8, 4) is 0 Å². The number of rotatable bonds is 3. The maximum atomic E-state index is 4.40. The third-order valence-electron chi connectivity index (χ3n) is 2.42. The lowest BCUT2D eigenvalue weighted by Crippen LogP contribution is -1.91. The van der Waals surface area contributed by atoms with Gasteiger partial charge in [0.1, 0.15) is 15.5 Å². The van der Waals surface area contributed by atoms with Gasteiger partial charge in [-0.15, -0.1) is 11.8 Å². The van der Waals surface area contributed by atoms with Crippen LogP contribution in [0, 0.1) is 13.8 Å². The fourth-order valence-corrected chi connectivity index (χ4v) is 3.15. The molecule has 0 saturated carbocycles. The van der Waals surface area contributed by atoms with E-state index in [-0.39, 0.29) is 0 Å². The largest absolute Gasteiger partial charge is 0.227 e. The number of nitrogens with zero attached hydrogens (tertiary/aromatic N) is 2. The van der Waals surface area contributed by atoms with Crippen LogP contribution in [0.15, 0.2) is 40.0 Å². The average Bonchev–Trinajstić information content (AvgIpc) is 2.27. The Balaban J connectivity index is 2.10. The summed E-state index contributed by atoms with van der Waals surface area (Å²) in [5.41, 5.74) is 2.68. The van der Waals surface area contributed by atoms with Gasteiger partial charge in [-0.3, -0.25) is 0 Å². The highest BCUT2D eigenvalue weighted by molar-refractivity contribution is 9.10. The Morgan fingerprint density at radius 3 is 2.65 bits per heavy atom. The zero-order valence-electron chi connectivity index (χ0n) is 9.77. The van der Waals surface area contributed by atoms with E-state index in [1.54, 1.807) is 11.8 Å². The highest BCUT2D eigenvalue weighted by Gasteiger charge is 2.02. The standard InChI is InChI=1S/C13H13BrN2S/c1-9-5-3-4-6-11(9)8-17-13-7-12(14)15-10(2)16-13/h3-7H,8H2,1-2H3. The molecule has 0 amide bonds. The van der Waals surface area contributed by atoms with E-state index in [4.69, 9.17) is 0 Å². The lowest BCUT2D eigenvalue weighted by Gasteiger charge is -2.05. The maximum absolute atomic E-state index is 4.40. The molecule has 0 aliphatic rings. The highest BCUT2D eigenvalue weighted by atomic mass is 79.9. The fraction of sp³-hybridized carbons (Fsp3) is 0.231. The molecule has 0 radical (unpaired) electrons. The van der Waals surface area contributed by atoms with Gasteiger partial charge in [-0.05, 0) is 40.9 Å². The van der Waals surface area contributed by atoms with Crippen LogP contribution < -0.4 is 0 Å². The molecule has 0 unspecified atom stereocenters. The molecule has 0 N–H and O–H groups in total. The summed E-state index contributed by atoms with van der Waals surface area (Å²) >= 11 is 5.12. The van der Waals surface area contributed by atoms with Crippen molar-refractivity contribution >= 4 is 27.7 Å². The summed E-state index contributed by atoms with van der Waals surface area (Å²) < 4.78 is 0.845. The molecule has 1 aromatic heterocycles.